The van der Waals surface area contributed by atoms with Crippen molar-refractivity contribution < 1.29 is 22.7 Å². The van der Waals surface area contributed by atoms with Crippen molar-refractivity contribution in [1.29, 1.82) is 0 Å². The van der Waals surface area contributed by atoms with E-state index in [4.69, 9.17) is 0 Å². The molecule has 1 aromatic carbocycles. The third-order valence-electron chi connectivity index (χ3n) is 6.69. The van der Waals surface area contributed by atoms with Gasteiger partial charge in [-0.25, -0.2) is 9.97 Å². The maximum absolute atomic E-state index is 13.5. The van der Waals surface area contributed by atoms with E-state index in [9.17, 15) is 18.0 Å². The molecule has 1 N–H and O–H groups in total. The lowest BCUT2D eigenvalue weighted by Crippen LogP contribution is -2.51. The zero-order valence-electron chi connectivity index (χ0n) is 20.3. The van der Waals surface area contributed by atoms with E-state index >= 15 is 0 Å². The number of aromatic nitrogens is 2. The highest BCUT2D eigenvalue weighted by molar-refractivity contribution is 5.84. The van der Waals surface area contributed by atoms with Crippen LogP contribution in [0.25, 0.3) is 0 Å². The normalized spacial score (nSPS) is 19.1. The van der Waals surface area contributed by atoms with Crippen molar-refractivity contribution in [3.8, 4) is 5.75 Å². The third kappa shape index (κ3) is 6.04. The van der Waals surface area contributed by atoms with Crippen molar-refractivity contribution in [2.75, 3.05) is 37.6 Å². The number of rotatable bonds is 7. The monoisotopic (exact) mass is 491 g/mol. The molecule has 1 aromatic heterocycles. The van der Waals surface area contributed by atoms with Crippen LogP contribution in [0.3, 0.4) is 0 Å². The van der Waals surface area contributed by atoms with Gasteiger partial charge in [0.05, 0.1) is 5.92 Å². The number of alkyl halides is 3. The topological polar surface area (TPSA) is 70.6 Å². The van der Waals surface area contributed by atoms with Gasteiger partial charge in [0, 0.05) is 50.0 Å². The number of carbonyl (C=O) groups is 1. The van der Waals surface area contributed by atoms with Gasteiger partial charge in [0.25, 0.3) is 0 Å². The van der Waals surface area contributed by atoms with Gasteiger partial charge in [-0.3, -0.25) is 4.79 Å². The average molecular weight is 492 g/mol. The molecule has 0 spiro atoms. The van der Waals surface area contributed by atoms with Gasteiger partial charge in [-0.1, -0.05) is 32.9 Å². The Morgan fingerprint density at radius 2 is 1.83 bits per heavy atom. The van der Waals surface area contributed by atoms with Gasteiger partial charge in [0.2, 0.25) is 5.91 Å². The Labute approximate surface area is 203 Å². The minimum absolute atomic E-state index is 0.0384. The average Bonchev–Trinajstić information content (AvgIpc) is 3.20. The summed E-state index contributed by atoms with van der Waals surface area (Å²) in [4.78, 5) is 26.6. The van der Waals surface area contributed by atoms with Crippen molar-refractivity contribution >= 4 is 11.7 Å². The van der Waals surface area contributed by atoms with E-state index in [2.05, 4.69) is 31.8 Å². The van der Waals surface area contributed by atoms with E-state index in [0.29, 0.717) is 44.2 Å². The molecule has 2 aromatic rings. The molecule has 1 aliphatic heterocycles. The first-order valence-corrected chi connectivity index (χ1v) is 12.1. The minimum atomic E-state index is -4.75. The zero-order valence-corrected chi connectivity index (χ0v) is 20.3. The van der Waals surface area contributed by atoms with Crippen LogP contribution in [0.1, 0.15) is 55.8 Å². The number of aryl methyl sites for hydroxylation is 1. The van der Waals surface area contributed by atoms with Crippen molar-refractivity contribution in [3.63, 3.8) is 0 Å². The summed E-state index contributed by atoms with van der Waals surface area (Å²) in [5, 5.41) is 3.30. The number of fused-ring (bicyclic) bond motifs is 1. The van der Waals surface area contributed by atoms with Crippen LogP contribution in [0.15, 0.2) is 30.6 Å². The van der Waals surface area contributed by atoms with E-state index in [1.807, 2.05) is 18.7 Å². The number of carbonyl (C=O) groups excluding carboxylic acids is 1. The third-order valence-corrected chi connectivity index (χ3v) is 6.69. The molecule has 1 aliphatic carbocycles. The second-order valence-electron chi connectivity index (χ2n) is 9.54. The Morgan fingerprint density at radius 1 is 1.14 bits per heavy atom. The van der Waals surface area contributed by atoms with Crippen LogP contribution in [-0.4, -0.2) is 65.9 Å². The molecule has 2 atom stereocenters. The van der Waals surface area contributed by atoms with Crippen LogP contribution in [0.5, 0.6) is 5.75 Å². The Morgan fingerprint density at radius 3 is 2.46 bits per heavy atom. The zero-order chi connectivity index (χ0) is 25.2. The van der Waals surface area contributed by atoms with E-state index in [1.54, 1.807) is 6.33 Å². The SMILES string of the molecule is CC(C)NCC(C(=O)N1CCN(c2ncnc3c2C(C)CC3)CC1)c1ccc(OC(F)(F)F)cc1. The van der Waals surface area contributed by atoms with Gasteiger partial charge in [-0.05, 0) is 36.5 Å². The Balaban J connectivity index is 1.45. The molecule has 2 heterocycles. The summed E-state index contributed by atoms with van der Waals surface area (Å²) in [6.45, 7) is 9.03. The Bertz CT molecular complexity index is 1020. The molecule has 7 nitrogen and oxygen atoms in total. The summed E-state index contributed by atoms with van der Waals surface area (Å²) in [6.07, 6.45) is -1.07. The summed E-state index contributed by atoms with van der Waals surface area (Å²) < 4.78 is 41.6. The van der Waals surface area contributed by atoms with Crippen molar-refractivity contribution in [1.82, 2.24) is 20.2 Å². The first kappa shape index (κ1) is 25.2. The minimum Gasteiger partial charge on any atom is -0.406 e. The molecule has 0 saturated carbocycles. The number of hydrogen-bond acceptors (Lipinski definition) is 6. The maximum Gasteiger partial charge on any atom is 0.573 e. The predicted molar refractivity (Wildman–Crippen MR) is 127 cm³/mol. The van der Waals surface area contributed by atoms with Crippen LogP contribution in [-0.2, 0) is 11.2 Å². The molecular weight excluding hydrogens is 459 g/mol. The number of hydrogen-bond donors (Lipinski definition) is 1. The number of piperazine rings is 1. The number of nitrogens with one attached hydrogen (secondary N) is 1. The molecular formula is C25H32F3N5O2. The van der Waals surface area contributed by atoms with E-state index in [1.165, 1.54) is 29.8 Å². The summed E-state index contributed by atoms with van der Waals surface area (Å²) in [5.74, 6) is 0.558. The van der Waals surface area contributed by atoms with Gasteiger partial charge in [-0.15, -0.1) is 13.2 Å². The smallest absolute Gasteiger partial charge is 0.406 e. The summed E-state index contributed by atoms with van der Waals surface area (Å²) >= 11 is 0. The summed E-state index contributed by atoms with van der Waals surface area (Å²) in [5.41, 5.74) is 3.01. The Hall–Kier alpha value is -2.88. The lowest BCUT2D eigenvalue weighted by molar-refractivity contribution is -0.274. The van der Waals surface area contributed by atoms with Gasteiger partial charge in [-0.2, -0.15) is 0 Å². The second kappa shape index (κ2) is 10.4. The van der Waals surface area contributed by atoms with Crippen molar-refractivity contribution in [2.24, 2.45) is 0 Å². The Kier molecular flexibility index (Phi) is 7.49. The van der Waals surface area contributed by atoms with Gasteiger partial charge < -0.3 is 19.9 Å². The fraction of sp³-hybridized carbons (Fsp3) is 0.560. The van der Waals surface area contributed by atoms with Crippen LogP contribution in [0.4, 0.5) is 19.0 Å². The number of benzene rings is 1. The molecule has 2 unspecified atom stereocenters. The lowest BCUT2D eigenvalue weighted by atomic mass is 9.96. The van der Waals surface area contributed by atoms with Crippen LogP contribution >= 0.6 is 0 Å². The molecule has 1 amide bonds. The number of ether oxygens (including phenoxy) is 1. The molecule has 0 bridgehead atoms. The van der Waals surface area contributed by atoms with E-state index in [0.717, 1.165) is 24.4 Å². The summed E-state index contributed by atoms with van der Waals surface area (Å²) in [7, 11) is 0. The highest BCUT2D eigenvalue weighted by Gasteiger charge is 2.33. The lowest BCUT2D eigenvalue weighted by Gasteiger charge is -2.38. The first-order valence-electron chi connectivity index (χ1n) is 12.1. The second-order valence-corrected chi connectivity index (χ2v) is 9.54. The fourth-order valence-electron chi connectivity index (χ4n) is 4.84. The number of anilines is 1. The molecule has 0 radical (unpaired) electrons. The molecule has 1 fully saturated rings. The van der Waals surface area contributed by atoms with Crippen LogP contribution < -0.4 is 15.0 Å². The molecule has 190 valence electrons. The molecule has 35 heavy (non-hydrogen) atoms. The highest BCUT2D eigenvalue weighted by atomic mass is 19.4. The van der Waals surface area contributed by atoms with Crippen molar-refractivity contribution in [3.05, 3.63) is 47.4 Å². The molecule has 10 heteroatoms. The number of halogens is 3. The molecule has 4 rings (SSSR count). The first-order chi connectivity index (χ1) is 16.6. The number of amides is 1. The molecule has 2 aliphatic rings. The van der Waals surface area contributed by atoms with Gasteiger partial charge >= 0.3 is 6.36 Å². The van der Waals surface area contributed by atoms with E-state index < -0.39 is 12.3 Å². The highest BCUT2D eigenvalue weighted by Crippen LogP contribution is 2.37. The van der Waals surface area contributed by atoms with Gasteiger partial charge in [0.1, 0.15) is 17.9 Å². The van der Waals surface area contributed by atoms with Gasteiger partial charge in [0.15, 0.2) is 0 Å². The van der Waals surface area contributed by atoms with Crippen LogP contribution in [0.2, 0.25) is 0 Å². The maximum atomic E-state index is 13.5. The predicted octanol–water partition coefficient (Wildman–Crippen LogP) is 3.86. The fourth-order valence-corrected chi connectivity index (χ4v) is 4.84. The quantitative estimate of drug-likeness (QED) is 0.635. The van der Waals surface area contributed by atoms with Crippen molar-refractivity contribution in [2.45, 2.75) is 57.9 Å². The van der Waals surface area contributed by atoms with E-state index in [-0.39, 0.29) is 17.7 Å². The summed E-state index contributed by atoms with van der Waals surface area (Å²) in [6, 6.07) is 5.75. The van der Waals surface area contributed by atoms with Crippen LogP contribution in [0, 0.1) is 0 Å². The molecule has 1 saturated heterocycles. The standard InChI is InChI=1S/C25H32F3N5O2/c1-16(2)29-14-20(18-5-7-19(8-6-18)35-25(26,27)28)24(34)33-12-10-32(11-13-33)23-22-17(3)4-9-21(22)30-15-31-23/h5-8,15-17,20,29H,4,9-14H2,1-3H3. The largest absolute Gasteiger partial charge is 0.573 e. The number of nitrogens with zero attached hydrogens (tertiary/aromatic N) is 4.